The van der Waals surface area contributed by atoms with E-state index in [4.69, 9.17) is 5.73 Å². The highest BCUT2D eigenvalue weighted by Crippen LogP contribution is 2.29. The van der Waals surface area contributed by atoms with Gasteiger partial charge in [0, 0.05) is 21.2 Å². The minimum absolute atomic E-state index is 0.353. The van der Waals surface area contributed by atoms with Gasteiger partial charge in [-0.25, -0.2) is 0 Å². The highest BCUT2D eigenvalue weighted by Gasteiger charge is 2.17. The molecule has 1 nitrogen and oxygen atoms in total. The lowest BCUT2D eigenvalue weighted by molar-refractivity contribution is 0.462. The lowest BCUT2D eigenvalue weighted by atomic mass is 10.00. The molecule has 0 amide bonds. The van der Waals surface area contributed by atoms with Crippen LogP contribution in [0.3, 0.4) is 0 Å². The van der Waals surface area contributed by atoms with Gasteiger partial charge in [-0.05, 0) is 36.6 Å². The molecular formula is C14H20BrNS. The fraction of sp³-hybridized carbons (Fsp3) is 0.571. The molecule has 0 saturated heterocycles. The summed E-state index contributed by atoms with van der Waals surface area (Å²) in [6.45, 7) is 0. The first-order valence-corrected chi connectivity index (χ1v) is 8.16. The summed E-state index contributed by atoms with van der Waals surface area (Å²) >= 11 is 5.32. The van der Waals surface area contributed by atoms with Crippen molar-refractivity contribution in [3.8, 4) is 0 Å². The van der Waals surface area contributed by atoms with E-state index < -0.39 is 0 Å². The van der Waals surface area contributed by atoms with Crippen LogP contribution in [-0.2, 0) is 0 Å². The van der Waals surface area contributed by atoms with Crippen LogP contribution < -0.4 is 5.73 Å². The first kappa shape index (κ1) is 13.4. The zero-order valence-electron chi connectivity index (χ0n) is 10.1. The van der Waals surface area contributed by atoms with Crippen LogP contribution in [0.25, 0.3) is 0 Å². The smallest absolute Gasteiger partial charge is 0.0176 e. The normalized spacial score (nSPS) is 18.5. The Morgan fingerprint density at radius 3 is 2.53 bits per heavy atom. The predicted octanol–water partition coefficient (Wildman–Crippen LogP) is 4.45. The van der Waals surface area contributed by atoms with Crippen molar-refractivity contribution in [3.63, 3.8) is 0 Å². The van der Waals surface area contributed by atoms with Crippen molar-refractivity contribution in [2.75, 3.05) is 5.75 Å². The molecule has 0 bridgehead atoms. The lowest BCUT2D eigenvalue weighted by Crippen LogP contribution is -2.25. The van der Waals surface area contributed by atoms with Gasteiger partial charge in [-0.1, -0.05) is 41.6 Å². The van der Waals surface area contributed by atoms with E-state index >= 15 is 0 Å². The van der Waals surface area contributed by atoms with Gasteiger partial charge < -0.3 is 5.73 Å². The topological polar surface area (TPSA) is 26.0 Å². The Labute approximate surface area is 117 Å². The van der Waals surface area contributed by atoms with Crippen molar-refractivity contribution in [1.82, 2.24) is 0 Å². The Morgan fingerprint density at radius 1 is 1.24 bits per heavy atom. The molecule has 1 aliphatic carbocycles. The van der Waals surface area contributed by atoms with Gasteiger partial charge in [0.25, 0.3) is 0 Å². The molecule has 1 fully saturated rings. The Morgan fingerprint density at radius 2 is 1.88 bits per heavy atom. The number of nitrogens with two attached hydrogens (primary N) is 1. The summed E-state index contributed by atoms with van der Waals surface area (Å²) in [7, 11) is 0. The standard InChI is InChI=1S/C14H20BrNS/c15-12-5-7-14(8-6-12)17-10-13(16)9-11-3-1-2-4-11/h5-8,11,13H,1-4,9-10,16H2. The summed E-state index contributed by atoms with van der Waals surface area (Å²) in [6, 6.07) is 8.83. The molecule has 0 spiro atoms. The third kappa shape index (κ3) is 4.65. The van der Waals surface area contributed by atoms with E-state index in [1.54, 1.807) is 0 Å². The third-order valence-electron chi connectivity index (χ3n) is 3.39. The van der Waals surface area contributed by atoms with E-state index in [1.165, 1.54) is 37.0 Å². The van der Waals surface area contributed by atoms with E-state index in [2.05, 4.69) is 40.2 Å². The minimum Gasteiger partial charge on any atom is -0.327 e. The van der Waals surface area contributed by atoms with E-state index in [9.17, 15) is 0 Å². The quantitative estimate of drug-likeness (QED) is 0.813. The van der Waals surface area contributed by atoms with Crippen LogP contribution in [-0.4, -0.2) is 11.8 Å². The van der Waals surface area contributed by atoms with Gasteiger partial charge in [-0.2, -0.15) is 0 Å². The number of rotatable bonds is 5. The Balaban J connectivity index is 1.71. The summed E-state index contributed by atoms with van der Waals surface area (Å²) in [4.78, 5) is 1.31. The van der Waals surface area contributed by atoms with Crippen LogP contribution in [0.5, 0.6) is 0 Å². The molecule has 0 heterocycles. The maximum Gasteiger partial charge on any atom is 0.0176 e. The number of benzene rings is 1. The number of halogens is 1. The van der Waals surface area contributed by atoms with Gasteiger partial charge >= 0.3 is 0 Å². The molecule has 3 heteroatoms. The molecule has 2 rings (SSSR count). The fourth-order valence-electron chi connectivity index (χ4n) is 2.48. The maximum absolute atomic E-state index is 6.20. The molecule has 1 aromatic rings. The van der Waals surface area contributed by atoms with Crippen molar-refractivity contribution < 1.29 is 0 Å². The van der Waals surface area contributed by atoms with Crippen LogP contribution in [0.4, 0.5) is 0 Å². The minimum atomic E-state index is 0.353. The molecular weight excluding hydrogens is 294 g/mol. The fourth-order valence-corrected chi connectivity index (χ4v) is 3.61. The zero-order chi connectivity index (χ0) is 12.1. The Kier molecular flexibility index (Phi) is 5.39. The Hall–Kier alpha value is 0.01000. The van der Waals surface area contributed by atoms with E-state index in [-0.39, 0.29) is 0 Å². The largest absolute Gasteiger partial charge is 0.327 e. The monoisotopic (exact) mass is 313 g/mol. The zero-order valence-corrected chi connectivity index (χ0v) is 12.5. The van der Waals surface area contributed by atoms with Crippen molar-refractivity contribution in [1.29, 1.82) is 0 Å². The first-order chi connectivity index (χ1) is 8.24. The second-order valence-corrected chi connectivity index (χ2v) is 6.92. The second-order valence-electron chi connectivity index (χ2n) is 4.91. The van der Waals surface area contributed by atoms with Crippen LogP contribution in [0.15, 0.2) is 33.6 Å². The van der Waals surface area contributed by atoms with Crippen molar-refractivity contribution in [2.24, 2.45) is 11.7 Å². The molecule has 17 heavy (non-hydrogen) atoms. The second kappa shape index (κ2) is 6.81. The number of thioether (sulfide) groups is 1. The summed E-state index contributed by atoms with van der Waals surface area (Å²) in [5.74, 6) is 1.94. The van der Waals surface area contributed by atoms with E-state index in [0.29, 0.717) is 6.04 Å². The third-order valence-corrected chi connectivity index (χ3v) is 5.12. The highest BCUT2D eigenvalue weighted by molar-refractivity contribution is 9.10. The average Bonchev–Trinajstić information content (AvgIpc) is 2.81. The van der Waals surface area contributed by atoms with Crippen LogP contribution in [0.1, 0.15) is 32.1 Å². The highest BCUT2D eigenvalue weighted by atomic mass is 79.9. The number of hydrogen-bond acceptors (Lipinski definition) is 2. The molecule has 94 valence electrons. The van der Waals surface area contributed by atoms with Crippen LogP contribution in [0, 0.1) is 5.92 Å². The van der Waals surface area contributed by atoms with Gasteiger partial charge in [0.1, 0.15) is 0 Å². The SMILES string of the molecule is NC(CSc1ccc(Br)cc1)CC1CCCC1. The molecule has 1 unspecified atom stereocenters. The van der Waals surface area contributed by atoms with Crippen LogP contribution >= 0.6 is 27.7 Å². The van der Waals surface area contributed by atoms with Gasteiger partial charge in [0.2, 0.25) is 0 Å². The summed E-state index contributed by atoms with van der Waals surface area (Å²) in [6.07, 6.45) is 6.84. The first-order valence-electron chi connectivity index (χ1n) is 6.38. The molecule has 1 saturated carbocycles. The summed E-state index contributed by atoms with van der Waals surface area (Å²) < 4.78 is 1.14. The lowest BCUT2D eigenvalue weighted by Gasteiger charge is -2.15. The molecule has 0 radical (unpaired) electrons. The predicted molar refractivity (Wildman–Crippen MR) is 79.4 cm³/mol. The summed E-state index contributed by atoms with van der Waals surface area (Å²) in [5.41, 5.74) is 6.20. The average molecular weight is 314 g/mol. The van der Waals surface area contributed by atoms with E-state index in [0.717, 1.165) is 16.1 Å². The number of hydrogen-bond donors (Lipinski definition) is 1. The van der Waals surface area contributed by atoms with Crippen LogP contribution in [0.2, 0.25) is 0 Å². The summed E-state index contributed by atoms with van der Waals surface area (Å²) in [5, 5.41) is 0. The molecule has 2 N–H and O–H groups in total. The maximum atomic E-state index is 6.20. The van der Waals surface area contributed by atoms with Gasteiger partial charge in [0.05, 0.1) is 0 Å². The Bertz CT molecular complexity index is 333. The molecule has 1 aromatic carbocycles. The van der Waals surface area contributed by atoms with Gasteiger partial charge in [-0.3, -0.25) is 0 Å². The van der Waals surface area contributed by atoms with Crippen molar-refractivity contribution in [3.05, 3.63) is 28.7 Å². The molecule has 1 atom stereocenters. The van der Waals surface area contributed by atoms with Gasteiger partial charge in [0.15, 0.2) is 0 Å². The van der Waals surface area contributed by atoms with E-state index in [1.807, 2.05) is 11.8 Å². The molecule has 0 aromatic heterocycles. The van der Waals surface area contributed by atoms with Gasteiger partial charge in [-0.15, -0.1) is 11.8 Å². The molecule has 1 aliphatic rings. The van der Waals surface area contributed by atoms with Crippen molar-refractivity contribution in [2.45, 2.75) is 43.0 Å². The van der Waals surface area contributed by atoms with Crippen molar-refractivity contribution >= 4 is 27.7 Å². The molecule has 0 aliphatic heterocycles.